The van der Waals surface area contributed by atoms with Crippen molar-refractivity contribution in [1.82, 2.24) is 9.80 Å². The summed E-state index contributed by atoms with van der Waals surface area (Å²) < 4.78 is 0. The molecule has 2 aliphatic heterocycles. The number of piperidine rings is 1. The van der Waals surface area contributed by atoms with E-state index in [0.29, 0.717) is 0 Å². The molecule has 0 unspecified atom stereocenters. The third kappa shape index (κ3) is 7.05. The molecule has 0 spiro atoms. The van der Waals surface area contributed by atoms with Gasteiger partial charge in [-0.1, -0.05) is 20.3 Å². The second-order valence-electron chi connectivity index (χ2n) is 5.45. The summed E-state index contributed by atoms with van der Waals surface area (Å²) in [4.78, 5) is 5.11. The van der Waals surface area contributed by atoms with E-state index in [1.54, 1.807) is 0 Å². The molecule has 2 rings (SSSR count). The van der Waals surface area contributed by atoms with Crippen LogP contribution in [0.15, 0.2) is 0 Å². The van der Waals surface area contributed by atoms with Crippen LogP contribution in [-0.2, 0) is 0 Å². The molecule has 2 fully saturated rings. The van der Waals surface area contributed by atoms with Gasteiger partial charge in [0.05, 0.1) is 0 Å². The average molecular weight is 240 g/mol. The topological polar surface area (TPSA) is 6.48 Å². The quantitative estimate of drug-likeness (QED) is 0.743. The Kier molecular flexibility index (Phi) is 8.72. The van der Waals surface area contributed by atoms with Gasteiger partial charge in [-0.05, 0) is 77.8 Å². The fourth-order valence-corrected chi connectivity index (χ4v) is 2.82. The van der Waals surface area contributed by atoms with Gasteiger partial charge < -0.3 is 9.80 Å². The Balaban J connectivity index is 0.000000171. The zero-order chi connectivity index (χ0) is 12.3. The highest BCUT2D eigenvalue weighted by atomic mass is 15.1. The van der Waals surface area contributed by atoms with Crippen molar-refractivity contribution in [1.29, 1.82) is 0 Å². The normalized spacial score (nSPS) is 22.2. The van der Waals surface area contributed by atoms with Crippen LogP contribution in [0.2, 0.25) is 0 Å². The van der Waals surface area contributed by atoms with Crippen LogP contribution in [0.1, 0.15) is 58.8 Å². The third-order valence-electron chi connectivity index (χ3n) is 3.73. The Hall–Kier alpha value is -0.0800. The first-order valence-corrected chi connectivity index (χ1v) is 7.81. The maximum atomic E-state index is 2.57. The van der Waals surface area contributed by atoms with Gasteiger partial charge in [0.25, 0.3) is 0 Å². The number of hydrogen-bond acceptors (Lipinski definition) is 2. The smallest absolute Gasteiger partial charge is 0.00183 e. The molecule has 2 nitrogen and oxygen atoms in total. The molecule has 0 N–H and O–H groups in total. The average Bonchev–Trinajstić information content (AvgIpc) is 2.85. The van der Waals surface area contributed by atoms with Crippen LogP contribution in [0.5, 0.6) is 0 Å². The first-order chi connectivity index (χ1) is 8.36. The van der Waals surface area contributed by atoms with Gasteiger partial charge in [-0.15, -0.1) is 0 Å². The molecule has 17 heavy (non-hydrogen) atoms. The van der Waals surface area contributed by atoms with Gasteiger partial charge in [-0.3, -0.25) is 0 Å². The monoisotopic (exact) mass is 240 g/mol. The van der Waals surface area contributed by atoms with Crippen LogP contribution in [0.3, 0.4) is 0 Å². The molecule has 0 aromatic rings. The number of nitrogens with zero attached hydrogens (tertiary/aromatic N) is 2. The lowest BCUT2D eigenvalue weighted by molar-refractivity contribution is 0.229. The van der Waals surface area contributed by atoms with Gasteiger partial charge >= 0.3 is 0 Å². The molecule has 2 aliphatic rings. The number of rotatable bonds is 4. The molecule has 0 bridgehead atoms. The first-order valence-electron chi connectivity index (χ1n) is 7.81. The SMILES string of the molecule is CCCN1CCCC1.CCCN1CCCCC1. The molecular formula is C15H32N2. The van der Waals surface area contributed by atoms with Gasteiger partial charge in [0, 0.05) is 0 Å². The van der Waals surface area contributed by atoms with Crippen LogP contribution in [0.4, 0.5) is 0 Å². The largest absolute Gasteiger partial charge is 0.303 e. The molecule has 2 heterocycles. The van der Waals surface area contributed by atoms with Crippen molar-refractivity contribution < 1.29 is 0 Å². The van der Waals surface area contributed by atoms with E-state index in [9.17, 15) is 0 Å². The lowest BCUT2D eigenvalue weighted by atomic mass is 10.1. The first kappa shape index (κ1) is 15.0. The van der Waals surface area contributed by atoms with Gasteiger partial charge in [0.1, 0.15) is 0 Å². The van der Waals surface area contributed by atoms with Crippen molar-refractivity contribution in [2.24, 2.45) is 0 Å². The van der Waals surface area contributed by atoms with Crippen molar-refractivity contribution in [3.63, 3.8) is 0 Å². The summed E-state index contributed by atoms with van der Waals surface area (Å²) in [6.45, 7) is 12.6. The summed E-state index contributed by atoms with van der Waals surface area (Å²) in [5.74, 6) is 0. The van der Waals surface area contributed by atoms with E-state index >= 15 is 0 Å². The summed E-state index contributed by atoms with van der Waals surface area (Å²) in [5.41, 5.74) is 0. The second kappa shape index (κ2) is 9.90. The molecule has 0 amide bonds. The summed E-state index contributed by atoms with van der Waals surface area (Å²) in [7, 11) is 0. The van der Waals surface area contributed by atoms with Crippen molar-refractivity contribution in [3.8, 4) is 0 Å². The molecule has 0 aliphatic carbocycles. The van der Waals surface area contributed by atoms with Gasteiger partial charge in [0.2, 0.25) is 0 Å². The molecule has 2 heteroatoms. The van der Waals surface area contributed by atoms with Crippen LogP contribution in [0.25, 0.3) is 0 Å². The minimum absolute atomic E-state index is 1.32. The van der Waals surface area contributed by atoms with E-state index in [1.807, 2.05) is 0 Å². The predicted octanol–water partition coefficient (Wildman–Crippen LogP) is 3.37. The van der Waals surface area contributed by atoms with Crippen molar-refractivity contribution in [2.45, 2.75) is 58.8 Å². The maximum absolute atomic E-state index is 2.57. The highest BCUT2D eigenvalue weighted by Crippen LogP contribution is 2.08. The maximum Gasteiger partial charge on any atom is -0.00183 e. The predicted molar refractivity (Wildman–Crippen MR) is 76.5 cm³/mol. The highest BCUT2D eigenvalue weighted by molar-refractivity contribution is 4.64. The van der Waals surface area contributed by atoms with E-state index < -0.39 is 0 Å². The fraction of sp³-hybridized carbons (Fsp3) is 1.00. The molecule has 2 saturated heterocycles. The number of likely N-dealkylation sites (tertiary alicyclic amines) is 2. The molecule has 102 valence electrons. The summed E-state index contributed by atoms with van der Waals surface area (Å²) in [5, 5.41) is 0. The lowest BCUT2D eigenvalue weighted by Gasteiger charge is -2.25. The molecule has 0 aromatic heterocycles. The van der Waals surface area contributed by atoms with E-state index in [0.717, 1.165) is 0 Å². The lowest BCUT2D eigenvalue weighted by Crippen LogP contribution is -2.30. The fourth-order valence-electron chi connectivity index (χ4n) is 2.82. The Morgan fingerprint density at radius 1 is 0.588 bits per heavy atom. The third-order valence-corrected chi connectivity index (χ3v) is 3.73. The minimum Gasteiger partial charge on any atom is -0.303 e. The van der Waals surface area contributed by atoms with Crippen LogP contribution in [0, 0.1) is 0 Å². The summed E-state index contributed by atoms with van der Waals surface area (Å²) in [6.07, 6.45) is 9.82. The Morgan fingerprint density at radius 2 is 0.941 bits per heavy atom. The zero-order valence-electron chi connectivity index (χ0n) is 12.1. The molecule has 0 saturated carbocycles. The van der Waals surface area contributed by atoms with Crippen molar-refractivity contribution in [2.75, 3.05) is 39.3 Å². The molecule has 0 radical (unpaired) electrons. The molecule has 0 aromatic carbocycles. The minimum atomic E-state index is 1.32. The number of hydrogen-bond donors (Lipinski definition) is 0. The summed E-state index contributed by atoms with van der Waals surface area (Å²) >= 11 is 0. The van der Waals surface area contributed by atoms with Crippen molar-refractivity contribution >= 4 is 0 Å². The second-order valence-corrected chi connectivity index (χ2v) is 5.45. The van der Waals surface area contributed by atoms with Crippen LogP contribution < -0.4 is 0 Å². The Morgan fingerprint density at radius 3 is 1.29 bits per heavy atom. The summed E-state index contributed by atoms with van der Waals surface area (Å²) in [6, 6.07) is 0. The van der Waals surface area contributed by atoms with Crippen LogP contribution in [-0.4, -0.2) is 49.1 Å². The molecule has 0 atom stereocenters. The Labute approximate surface area is 108 Å². The Bertz CT molecular complexity index is 156. The van der Waals surface area contributed by atoms with E-state index in [1.165, 1.54) is 84.2 Å². The highest BCUT2D eigenvalue weighted by Gasteiger charge is 2.08. The van der Waals surface area contributed by atoms with Gasteiger partial charge in [0.15, 0.2) is 0 Å². The van der Waals surface area contributed by atoms with E-state index in [4.69, 9.17) is 0 Å². The zero-order valence-corrected chi connectivity index (χ0v) is 12.1. The standard InChI is InChI=1S/C8H17N.C7H15N/c1-2-6-9-7-4-3-5-8-9;1-2-5-8-6-3-4-7-8/h2-8H2,1H3;2-7H2,1H3. The van der Waals surface area contributed by atoms with Crippen LogP contribution >= 0.6 is 0 Å². The van der Waals surface area contributed by atoms with Crippen molar-refractivity contribution in [3.05, 3.63) is 0 Å². The van der Waals surface area contributed by atoms with E-state index in [-0.39, 0.29) is 0 Å². The van der Waals surface area contributed by atoms with E-state index in [2.05, 4.69) is 23.6 Å². The van der Waals surface area contributed by atoms with Gasteiger partial charge in [-0.25, -0.2) is 0 Å². The molecular weight excluding hydrogens is 208 g/mol. The van der Waals surface area contributed by atoms with Gasteiger partial charge in [-0.2, -0.15) is 0 Å².